The van der Waals surface area contributed by atoms with Crippen LogP contribution in [-0.2, 0) is 42.1 Å². The highest BCUT2D eigenvalue weighted by molar-refractivity contribution is 7.82. The molecular weight excluding hydrogens is 456 g/mol. The second-order valence-electron chi connectivity index (χ2n) is 9.81. The van der Waals surface area contributed by atoms with Gasteiger partial charge >= 0.3 is 10.4 Å². The van der Waals surface area contributed by atoms with Crippen LogP contribution < -0.4 is 0 Å². The summed E-state index contributed by atoms with van der Waals surface area (Å²) in [7, 11) is -6.42. The van der Waals surface area contributed by atoms with Gasteiger partial charge in [-0.05, 0) is 18.1 Å². The van der Waals surface area contributed by atoms with Crippen LogP contribution in [0.4, 0.5) is 0 Å². The maximum atomic E-state index is 12.5. The first-order valence-electron chi connectivity index (χ1n) is 10.8. The summed E-state index contributed by atoms with van der Waals surface area (Å²) in [5.74, 6) is 0. The number of hydrogen-bond acceptors (Lipinski definition) is 9. The van der Waals surface area contributed by atoms with Crippen molar-refractivity contribution in [1.82, 2.24) is 0 Å². The second-order valence-corrected chi connectivity index (χ2v) is 15.8. The molecule has 6 atom stereocenters. The van der Waals surface area contributed by atoms with Crippen molar-refractivity contribution in [2.24, 2.45) is 0 Å². The van der Waals surface area contributed by atoms with E-state index in [1.54, 1.807) is 0 Å². The van der Waals surface area contributed by atoms with Crippen molar-refractivity contribution in [2.75, 3.05) is 20.0 Å². The van der Waals surface area contributed by atoms with E-state index in [0.717, 1.165) is 5.56 Å². The molecule has 3 heterocycles. The predicted molar refractivity (Wildman–Crippen MR) is 116 cm³/mol. The molecule has 0 bridgehead atoms. The summed E-state index contributed by atoms with van der Waals surface area (Å²) in [6, 6.07) is 9.43. The summed E-state index contributed by atoms with van der Waals surface area (Å²) in [5.41, 5.74) is 0.820. The average Bonchev–Trinajstić information content (AvgIpc) is 2.90. The van der Waals surface area contributed by atoms with Crippen LogP contribution in [-0.4, -0.2) is 67.3 Å². The van der Waals surface area contributed by atoms with E-state index in [9.17, 15) is 8.42 Å². The van der Waals surface area contributed by atoms with Crippen molar-refractivity contribution in [3.05, 3.63) is 35.9 Å². The molecule has 0 saturated carbocycles. The van der Waals surface area contributed by atoms with Crippen LogP contribution in [0.1, 0.15) is 32.6 Å². The van der Waals surface area contributed by atoms with Crippen molar-refractivity contribution < 1.29 is 40.2 Å². The zero-order valence-electron chi connectivity index (χ0n) is 19.1. The Morgan fingerprint density at radius 1 is 1.00 bits per heavy atom. The van der Waals surface area contributed by atoms with Crippen LogP contribution in [0.25, 0.3) is 0 Å². The highest BCUT2D eigenvalue weighted by Gasteiger charge is 2.54. The van der Waals surface area contributed by atoms with E-state index in [4.69, 9.17) is 31.7 Å². The average molecular weight is 489 g/mol. The van der Waals surface area contributed by atoms with Gasteiger partial charge in [-0.25, -0.2) is 8.37 Å². The second kappa shape index (κ2) is 9.04. The summed E-state index contributed by atoms with van der Waals surface area (Å²) in [5, 5.41) is -0.0400. The van der Waals surface area contributed by atoms with Gasteiger partial charge in [0.2, 0.25) is 0 Å². The molecular formula is C21H32O9SSi. The molecule has 3 saturated heterocycles. The first-order valence-corrected chi connectivity index (χ1v) is 15.0. The predicted octanol–water partition coefficient (Wildman–Crippen LogP) is 2.89. The molecule has 0 radical (unpaired) electrons. The normalized spacial score (nSPS) is 35.4. The van der Waals surface area contributed by atoms with Crippen LogP contribution in [0.15, 0.2) is 30.3 Å². The fourth-order valence-electron chi connectivity index (χ4n) is 3.67. The van der Waals surface area contributed by atoms with Gasteiger partial charge in [-0.1, -0.05) is 51.1 Å². The summed E-state index contributed by atoms with van der Waals surface area (Å²) in [6.45, 7) is 10.8. The van der Waals surface area contributed by atoms with Gasteiger partial charge in [-0.15, -0.1) is 0 Å². The van der Waals surface area contributed by atoms with Crippen LogP contribution in [0.2, 0.25) is 18.1 Å². The molecule has 1 aromatic carbocycles. The quantitative estimate of drug-likeness (QED) is 0.592. The number of hydrogen-bond donors (Lipinski definition) is 0. The summed E-state index contributed by atoms with van der Waals surface area (Å²) in [4.78, 5) is 0. The summed E-state index contributed by atoms with van der Waals surface area (Å²) < 4.78 is 65.5. The Morgan fingerprint density at radius 3 is 2.41 bits per heavy atom. The van der Waals surface area contributed by atoms with Gasteiger partial charge in [-0.2, -0.15) is 8.42 Å². The molecule has 1 aromatic rings. The maximum absolute atomic E-state index is 12.5. The molecule has 0 N–H and O–H groups in total. The zero-order chi connectivity index (χ0) is 23.1. The Balaban J connectivity index is 1.56. The molecule has 0 aromatic heterocycles. The lowest BCUT2D eigenvalue weighted by Crippen LogP contribution is -2.59. The molecule has 3 fully saturated rings. The lowest BCUT2D eigenvalue weighted by molar-refractivity contribution is -0.279. The van der Waals surface area contributed by atoms with E-state index < -0.39 is 55.5 Å². The Hall–Kier alpha value is -0.893. The fourth-order valence-corrected chi connectivity index (χ4v) is 5.69. The van der Waals surface area contributed by atoms with Gasteiger partial charge < -0.3 is 23.4 Å². The molecule has 3 unspecified atom stereocenters. The first kappa shape index (κ1) is 24.2. The number of ether oxygens (including phenoxy) is 4. The largest absolute Gasteiger partial charge is 0.414 e. The van der Waals surface area contributed by atoms with Crippen molar-refractivity contribution >= 4 is 18.7 Å². The molecule has 3 aliphatic heterocycles. The summed E-state index contributed by atoms with van der Waals surface area (Å²) >= 11 is 0. The van der Waals surface area contributed by atoms with E-state index in [0.29, 0.717) is 0 Å². The Kier molecular flexibility index (Phi) is 6.85. The van der Waals surface area contributed by atoms with E-state index >= 15 is 0 Å². The Labute approximate surface area is 190 Å². The van der Waals surface area contributed by atoms with E-state index in [2.05, 4.69) is 33.9 Å². The van der Waals surface area contributed by atoms with Crippen molar-refractivity contribution in [3.8, 4) is 0 Å². The van der Waals surface area contributed by atoms with Crippen LogP contribution in [0.5, 0.6) is 0 Å². The minimum absolute atomic E-state index is 0.0400. The van der Waals surface area contributed by atoms with Gasteiger partial charge in [0, 0.05) is 5.56 Å². The molecule has 11 heteroatoms. The van der Waals surface area contributed by atoms with Crippen LogP contribution >= 0.6 is 0 Å². The van der Waals surface area contributed by atoms with Crippen LogP contribution in [0.3, 0.4) is 0 Å². The molecule has 0 aliphatic carbocycles. The molecule has 9 nitrogen and oxygen atoms in total. The highest BCUT2D eigenvalue weighted by atomic mass is 32.3. The third-order valence-corrected chi connectivity index (χ3v) is 12.0. The third-order valence-electron chi connectivity index (χ3n) is 6.57. The third kappa shape index (κ3) is 5.11. The maximum Gasteiger partial charge on any atom is 0.400 e. The van der Waals surface area contributed by atoms with E-state index in [-0.39, 0.29) is 25.0 Å². The van der Waals surface area contributed by atoms with Crippen molar-refractivity contribution in [2.45, 2.75) is 75.7 Å². The molecule has 32 heavy (non-hydrogen) atoms. The van der Waals surface area contributed by atoms with E-state index in [1.807, 2.05) is 30.3 Å². The molecule has 4 rings (SSSR count). The highest BCUT2D eigenvalue weighted by Crippen LogP contribution is 2.39. The van der Waals surface area contributed by atoms with Crippen molar-refractivity contribution in [3.63, 3.8) is 0 Å². The molecule has 0 spiro atoms. The number of benzene rings is 1. The minimum atomic E-state index is -4.28. The first-order chi connectivity index (χ1) is 15.0. The van der Waals surface area contributed by atoms with Crippen molar-refractivity contribution in [1.29, 1.82) is 0 Å². The fraction of sp³-hybridized carbons (Fsp3) is 0.714. The van der Waals surface area contributed by atoms with E-state index in [1.165, 1.54) is 0 Å². The smallest absolute Gasteiger partial charge is 0.400 e. The molecule has 3 aliphatic rings. The van der Waals surface area contributed by atoms with Gasteiger partial charge in [0.1, 0.15) is 37.3 Å². The van der Waals surface area contributed by atoms with Gasteiger partial charge in [0.05, 0.1) is 13.2 Å². The topological polar surface area (TPSA) is 98.8 Å². The Bertz CT molecular complexity index is 886. The lowest BCUT2D eigenvalue weighted by atomic mass is 9.98. The number of rotatable bonds is 4. The van der Waals surface area contributed by atoms with Gasteiger partial charge in [0.15, 0.2) is 14.6 Å². The minimum Gasteiger partial charge on any atom is -0.414 e. The van der Waals surface area contributed by atoms with Gasteiger partial charge in [0.25, 0.3) is 0 Å². The monoisotopic (exact) mass is 488 g/mol. The molecule has 180 valence electrons. The Morgan fingerprint density at radius 2 is 1.72 bits per heavy atom. The van der Waals surface area contributed by atoms with Gasteiger partial charge in [-0.3, -0.25) is 0 Å². The molecule has 0 amide bonds. The number of fused-ring (bicyclic) bond motifs is 3. The summed E-state index contributed by atoms with van der Waals surface area (Å²) in [6.07, 6.45) is -4.51. The zero-order valence-corrected chi connectivity index (χ0v) is 20.9. The van der Waals surface area contributed by atoms with Crippen LogP contribution in [0, 0.1) is 0 Å². The lowest BCUT2D eigenvalue weighted by Gasteiger charge is -2.43. The SMILES string of the molecule is CC(C)(C)[Si](C)(C)OCC1OS(=O)(=O)OC2C1OCO[C@@H]1CO[C@H](c3ccccc3)O[C@@H]21. The standard InChI is InChI=1S/C21H32O9SSi/c1-21(2,3)32(4,5)27-12-16-17-19(30-31(22,23)29-16)18-15(25-13-26-17)11-24-20(28-18)14-9-7-6-8-10-14/h6-10,15-20H,11-13H2,1-5H3/t15-,16?,17?,18-,19?,20+/m1/s1.